The number of hydrogen-bond acceptors (Lipinski definition) is 3. The number of carbonyl (C=O) groups is 1. The number of nitrogens with two attached hydrogens (primary N) is 1. The van der Waals surface area contributed by atoms with Gasteiger partial charge in [-0.15, -0.1) is 11.8 Å². The molecule has 0 saturated carbocycles. The van der Waals surface area contributed by atoms with E-state index < -0.39 is 5.97 Å². The van der Waals surface area contributed by atoms with E-state index in [4.69, 9.17) is 16.2 Å². The molecule has 0 spiro atoms. The predicted molar refractivity (Wildman–Crippen MR) is 91.6 cm³/mol. The Hall–Kier alpha value is -2.27. The van der Waals surface area contributed by atoms with Crippen molar-refractivity contribution >= 4 is 23.6 Å². The van der Waals surface area contributed by atoms with E-state index in [1.165, 1.54) is 17.3 Å². The van der Waals surface area contributed by atoms with Crippen LogP contribution in [0.25, 0.3) is 11.1 Å². The topological polar surface area (TPSA) is 87.2 Å². The Bertz CT molecular complexity index is 651. The van der Waals surface area contributed by atoms with E-state index >= 15 is 0 Å². The van der Waals surface area contributed by atoms with Gasteiger partial charge in [0.1, 0.15) is 5.84 Å². The first-order chi connectivity index (χ1) is 10.6. The van der Waals surface area contributed by atoms with Crippen LogP contribution in [0.1, 0.15) is 11.1 Å². The average molecular weight is 314 g/mol. The number of thioether (sulfide) groups is 1. The Labute approximate surface area is 133 Å². The van der Waals surface area contributed by atoms with Crippen LogP contribution in [0.2, 0.25) is 0 Å². The molecular weight excluding hydrogens is 296 g/mol. The number of rotatable bonds is 7. The number of benzene rings is 2. The van der Waals surface area contributed by atoms with E-state index in [-0.39, 0.29) is 11.6 Å². The number of hydrogen-bond donors (Lipinski definition) is 3. The van der Waals surface area contributed by atoms with Crippen LogP contribution >= 0.6 is 11.8 Å². The van der Waals surface area contributed by atoms with Gasteiger partial charge in [-0.05, 0) is 28.9 Å². The molecule has 0 saturated heterocycles. The Morgan fingerprint density at radius 3 is 2.09 bits per heavy atom. The minimum Gasteiger partial charge on any atom is -0.481 e. The predicted octanol–water partition coefficient (Wildman–Crippen LogP) is 3.00. The van der Waals surface area contributed by atoms with E-state index in [1.807, 2.05) is 24.3 Å². The van der Waals surface area contributed by atoms with Gasteiger partial charge in [0.2, 0.25) is 0 Å². The molecule has 2 aromatic rings. The summed E-state index contributed by atoms with van der Waals surface area (Å²) < 4.78 is 0. The summed E-state index contributed by atoms with van der Waals surface area (Å²) >= 11 is 1.43. The Kier molecular flexibility index (Phi) is 5.61. The van der Waals surface area contributed by atoms with Gasteiger partial charge in [-0.3, -0.25) is 10.2 Å². The fourth-order valence-corrected chi connectivity index (χ4v) is 2.75. The van der Waals surface area contributed by atoms with Crippen LogP contribution in [0, 0.1) is 5.41 Å². The highest BCUT2D eigenvalue weighted by Gasteiger charge is 2.01. The van der Waals surface area contributed by atoms with Gasteiger partial charge >= 0.3 is 5.97 Å². The van der Waals surface area contributed by atoms with Crippen molar-refractivity contribution in [1.82, 2.24) is 0 Å². The van der Waals surface area contributed by atoms with E-state index in [1.54, 1.807) is 0 Å². The molecule has 0 atom stereocenters. The van der Waals surface area contributed by atoms with Gasteiger partial charge < -0.3 is 10.8 Å². The largest absolute Gasteiger partial charge is 0.481 e. The minimum absolute atomic E-state index is 0.0701. The second-order valence-corrected chi connectivity index (χ2v) is 5.99. The Balaban J connectivity index is 1.96. The first-order valence-electron chi connectivity index (χ1n) is 6.89. The molecule has 0 aliphatic rings. The molecule has 5 heteroatoms. The van der Waals surface area contributed by atoms with Gasteiger partial charge in [0.25, 0.3) is 0 Å². The van der Waals surface area contributed by atoms with Gasteiger partial charge in [0, 0.05) is 5.56 Å². The smallest absolute Gasteiger partial charge is 0.313 e. The summed E-state index contributed by atoms with van der Waals surface area (Å²) in [6.45, 7) is 0. The molecule has 4 nitrogen and oxygen atoms in total. The monoisotopic (exact) mass is 314 g/mol. The maximum atomic E-state index is 10.4. The number of aryl methyl sites for hydroxylation is 1. The molecule has 4 N–H and O–H groups in total. The highest BCUT2D eigenvalue weighted by atomic mass is 32.2. The third-order valence-electron chi connectivity index (χ3n) is 3.24. The van der Waals surface area contributed by atoms with Crippen molar-refractivity contribution in [3.05, 3.63) is 59.7 Å². The van der Waals surface area contributed by atoms with Crippen LogP contribution in [0.4, 0.5) is 0 Å². The number of nitrogens with one attached hydrogen (secondary N) is 1. The molecule has 0 amide bonds. The van der Waals surface area contributed by atoms with Crippen molar-refractivity contribution < 1.29 is 9.90 Å². The van der Waals surface area contributed by atoms with Gasteiger partial charge in [0.05, 0.1) is 5.75 Å². The molecule has 114 valence electrons. The average Bonchev–Trinajstić information content (AvgIpc) is 2.52. The molecule has 22 heavy (non-hydrogen) atoms. The highest BCUT2D eigenvalue weighted by molar-refractivity contribution is 7.99. The first kappa shape index (κ1) is 16.1. The summed E-state index contributed by atoms with van der Waals surface area (Å²) in [5.74, 6) is 0.259. The number of nitrogen functional groups attached to an aromatic ring is 1. The van der Waals surface area contributed by atoms with E-state index in [2.05, 4.69) is 24.3 Å². The molecule has 0 aliphatic heterocycles. The third kappa shape index (κ3) is 4.63. The summed E-state index contributed by atoms with van der Waals surface area (Å²) in [5.41, 5.74) is 9.55. The maximum Gasteiger partial charge on any atom is 0.313 e. The summed E-state index contributed by atoms with van der Waals surface area (Å²) in [7, 11) is 0. The van der Waals surface area contributed by atoms with Crippen LogP contribution in [-0.2, 0) is 11.2 Å². The summed E-state index contributed by atoms with van der Waals surface area (Å²) in [5, 5.41) is 16.0. The maximum absolute atomic E-state index is 10.4. The highest BCUT2D eigenvalue weighted by Crippen LogP contribution is 2.21. The van der Waals surface area contributed by atoms with Crippen LogP contribution < -0.4 is 5.73 Å². The van der Waals surface area contributed by atoms with E-state index in [0.717, 1.165) is 28.9 Å². The molecule has 0 fully saturated rings. The van der Waals surface area contributed by atoms with Crippen LogP contribution in [0.5, 0.6) is 0 Å². The first-order valence-corrected chi connectivity index (χ1v) is 8.05. The van der Waals surface area contributed by atoms with Gasteiger partial charge in [-0.2, -0.15) is 0 Å². The fraction of sp³-hybridized carbons (Fsp3) is 0.176. The van der Waals surface area contributed by atoms with Crippen LogP contribution in [-0.4, -0.2) is 28.4 Å². The summed E-state index contributed by atoms with van der Waals surface area (Å²) in [4.78, 5) is 10.4. The number of amidine groups is 1. The second-order valence-electron chi connectivity index (χ2n) is 4.88. The molecule has 0 bridgehead atoms. The molecular formula is C17H18N2O2S. The van der Waals surface area contributed by atoms with Crippen molar-refractivity contribution in [3.63, 3.8) is 0 Å². The van der Waals surface area contributed by atoms with Crippen LogP contribution in [0.3, 0.4) is 0 Å². The third-order valence-corrected chi connectivity index (χ3v) is 4.19. The number of aliphatic carboxylic acids is 1. The zero-order chi connectivity index (χ0) is 15.9. The second kappa shape index (κ2) is 7.66. The van der Waals surface area contributed by atoms with Gasteiger partial charge in [-0.1, -0.05) is 48.5 Å². The quantitative estimate of drug-likeness (QED) is 0.416. The van der Waals surface area contributed by atoms with Crippen molar-refractivity contribution in [1.29, 1.82) is 5.41 Å². The normalized spacial score (nSPS) is 10.4. The molecule has 2 aromatic carbocycles. The Morgan fingerprint density at radius 1 is 1.05 bits per heavy atom. The zero-order valence-corrected chi connectivity index (χ0v) is 12.9. The van der Waals surface area contributed by atoms with Crippen molar-refractivity contribution in [2.45, 2.75) is 6.42 Å². The van der Waals surface area contributed by atoms with Crippen LogP contribution in [0.15, 0.2) is 48.5 Å². The molecule has 0 aliphatic carbocycles. The van der Waals surface area contributed by atoms with E-state index in [0.29, 0.717) is 0 Å². The van der Waals surface area contributed by atoms with Gasteiger partial charge in [-0.25, -0.2) is 0 Å². The summed E-state index contributed by atoms with van der Waals surface area (Å²) in [6, 6.07) is 15.8. The Morgan fingerprint density at radius 2 is 1.59 bits per heavy atom. The lowest BCUT2D eigenvalue weighted by Gasteiger charge is -2.06. The standard InChI is InChI=1S/C17H18N2O2S/c18-17(19)15-7-5-14(6-8-15)13-3-1-12(2-4-13)9-10-22-11-16(20)21/h1-8H,9-11H2,(H3,18,19)(H,20,21). The van der Waals surface area contributed by atoms with Gasteiger partial charge in [0.15, 0.2) is 0 Å². The lowest BCUT2D eigenvalue weighted by molar-refractivity contribution is -0.133. The molecule has 2 rings (SSSR count). The molecule has 0 heterocycles. The SMILES string of the molecule is N=C(N)c1ccc(-c2ccc(CCSCC(=O)O)cc2)cc1. The zero-order valence-electron chi connectivity index (χ0n) is 12.1. The lowest BCUT2D eigenvalue weighted by Crippen LogP contribution is -2.10. The van der Waals surface area contributed by atoms with Crippen molar-refractivity contribution in [3.8, 4) is 11.1 Å². The fourth-order valence-electron chi connectivity index (χ4n) is 2.06. The molecule has 0 aromatic heterocycles. The number of carboxylic acid groups (broad SMARTS) is 1. The van der Waals surface area contributed by atoms with Crippen molar-refractivity contribution in [2.75, 3.05) is 11.5 Å². The molecule has 0 unspecified atom stereocenters. The lowest BCUT2D eigenvalue weighted by atomic mass is 10.0. The minimum atomic E-state index is -0.769. The number of carboxylic acids is 1. The summed E-state index contributed by atoms with van der Waals surface area (Å²) in [6.07, 6.45) is 0.863. The molecule has 0 radical (unpaired) electrons. The van der Waals surface area contributed by atoms with Crippen molar-refractivity contribution in [2.24, 2.45) is 5.73 Å². The van der Waals surface area contributed by atoms with E-state index in [9.17, 15) is 4.79 Å².